The Morgan fingerprint density at radius 1 is 0.920 bits per heavy atom. The summed E-state index contributed by atoms with van der Waals surface area (Å²) in [5.41, 5.74) is 1.21. The lowest BCUT2D eigenvalue weighted by molar-refractivity contribution is -0.274. The first-order valence-corrected chi connectivity index (χ1v) is 7.63. The smallest absolute Gasteiger partial charge is 0.486 e. The van der Waals surface area contributed by atoms with Crippen molar-refractivity contribution >= 4 is 28.7 Å². The summed E-state index contributed by atoms with van der Waals surface area (Å²) in [6.45, 7) is 0.985. The Bertz CT molecular complexity index is 766. The summed E-state index contributed by atoms with van der Waals surface area (Å²) in [6.07, 6.45) is -4.72. The minimum absolute atomic E-state index is 0.279. The molecular weight excluding hydrogens is 357 g/mol. The van der Waals surface area contributed by atoms with Crippen molar-refractivity contribution in [2.75, 3.05) is 23.8 Å². The maximum Gasteiger partial charge on any atom is 0.573 e. The van der Waals surface area contributed by atoms with Gasteiger partial charge in [-0.15, -0.1) is 13.2 Å². The van der Waals surface area contributed by atoms with Crippen molar-refractivity contribution in [2.24, 2.45) is 0 Å². The molecule has 25 heavy (non-hydrogen) atoms. The Morgan fingerprint density at radius 3 is 2.20 bits per heavy atom. The van der Waals surface area contributed by atoms with Crippen LogP contribution in [0.4, 0.5) is 24.5 Å². The highest BCUT2D eigenvalue weighted by Gasteiger charge is 2.30. The number of anilines is 2. The Morgan fingerprint density at radius 2 is 1.52 bits per heavy atom. The molecule has 2 aromatic rings. The highest BCUT2D eigenvalue weighted by atomic mass is 32.1. The van der Waals surface area contributed by atoms with Crippen molar-refractivity contribution in [1.82, 2.24) is 0 Å². The van der Waals surface area contributed by atoms with Gasteiger partial charge in [-0.2, -0.15) is 0 Å². The predicted octanol–water partition coefficient (Wildman–Crippen LogP) is 4.17. The molecule has 3 rings (SSSR count). The number of rotatable bonds is 3. The van der Waals surface area contributed by atoms with E-state index in [9.17, 15) is 13.2 Å². The molecule has 0 aromatic heterocycles. The van der Waals surface area contributed by atoms with Crippen LogP contribution in [-0.2, 0) is 0 Å². The zero-order chi connectivity index (χ0) is 17.9. The summed E-state index contributed by atoms with van der Waals surface area (Å²) in [5, 5.41) is 6.12. The normalized spacial score (nSPS) is 13.1. The monoisotopic (exact) mass is 370 g/mol. The van der Waals surface area contributed by atoms with Gasteiger partial charge < -0.3 is 24.8 Å². The Kier molecular flexibility index (Phi) is 4.84. The van der Waals surface area contributed by atoms with Crippen LogP contribution < -0.4 is 24.8 Å². The first kappa shape index (κ1) is 17.2. The quantitative estimate of drug-likeness (QED) is 0.791. The summed E-state index contributed by atoms with van der Waals surface area (Å²) in [4.78, 5) is 0. The van der Waals surface area contributed by atoms with Gasteiger partial charge in [0.05, 0.1) is 0 Å². The standard InChI is InChI=1S/C16H13F3N2O3S/c17-16(18,19)24-12-4-1-10(2-5-12)20-15(25)21-11-3-6-13-14(9-11)23-8-7-22-13/h1-6,9H,7-8H2,(H2,20,21,25). The molecule has 1 aliphatic rings. The molecule has 0 bridgehead atoms. The Hall–Kier alpha value is -2.68. The van der Waals surface area contributed by atoms with Crippen molar-refractivity contribution in [2.45, 2.75) is 6.36 Å². The van der Waals surface area contributed by atoms with Crippen LogP contribution in [0.15, 0.2) is 42.5 Å². The van der Waals surface area contributed by atoms with Crippen LogP contribution >= 0.6 is 12.2 Å². The van der Waals surface area contributed by atoms with E-state index in [1.165, 1.54) is 24.3 Å². The van der Waals surface area contributed by atoms with Gasteiger partial charge in [-0.05, 0) is 48.6 Å². The SMILES string of the molecule is FC(F)(F)Oc1ccc(NC(=S)Nc2ccc3c(c2)OCCO3)cc1. The van der Waals surface area contributed by atoms with Crippen LogP contribution in [0, 0.1) is 0 Å². The average molecular weight is 370 g/mol. The van der Waals surface area contributed by atoms with Gasteiger partial charge in [0.25, 0.3) is 0 Å². The molecule has 1 aliphatic heterocycles. The van der Waals surface area contributed by atoms with Crippen molar-refractivity contribution < 1.29 is 27.4 Å². The first-order chi connectivity index (χ1) is 11.9. The number of nitrogens with one attached hydrogen (secondary N) is 2. The lowest BCUT2D eigenvalue weighted by Gasteiger charge is -2.19. The van der Waals surface area contributed by atoms with Crippen LogP contribution in [0.25, 0.3) is 0 Å². The molecule has 0 saturated carbocycles. The van der Waals surface area contributed by atoms with E-state index in [4.69, 9.17) is 21.7 Å². The Balaban J connectivity index is 1.59. The van der Waals surface area contributed by atoms with E-state index < -0.39 is 6.36 Å². The van der Waals surface area contributed by atoms with Crippen molar-refractivity contribution in [3.8, 4) is 17.2 Å². The summed E-state index contributed by atoms with van der Waals surface area (Å²) in [7, 11) is 0. The summed E-state index contributed by atoms with van der Waals surface area (Å²) < 4.78 is 51.1. The molecule has 0 fully saturated rings. The van der Waals surface area contributed by atoms with E-state index in [0.717, 1.165) is 0 Å². The summed E-state index contributed by atoms with van der Waals surface area (Å²) in [5.74, 6) is 0.979. The third-order valence-corrected chi connectivity index (χ3v) is 3.35. The number of hydrogen-bond acceptors (Lipinski definition) is 4. The maximum atomic E-state index is 12.1. The number of thiocarbonyl (C=S) groups is 1. The lowest BCUT2D eigenvalue weighted by Crippen LogP contribution is -2.20. The summed E-state index contributed by atoms with van der Waals surface area (Å²) in [6, 6.07) is 10.6. The molecule has 132 valence electrons. The van der Waals surface area contributed by atoms with Crippen LogP contribution in [-0.4, -0.2) is 24.7 Å². The van der Waals surface area contributed by atoms with Gasteiger partial charge in [-0.25, -0.2) is 0 Å². The van der Waals surface area contributed by atoms with Crippen molar-refractivity contribution in [1.29, 1.82) is 0 Å². The average Bonchev–Trinajstić information content (AvgIpc) is 2.55. The van der Waals surface area contributed by atoms with Crippen molar-refractivity contribution in [3.63, 3.8) is 0 Å². The van der Waals surface area contributed by atoms with Gasteiger partial charge in [0.2, 0.25) is 0 Å². The third kappa shape index (κ3) is 4.90. The second-order valence-electron chi connectivity index (χ2n) is 5.01. The zero-order valence-electron chi connectivity index (χ0n) is 12.7. The third-order valence-electron chi connectivity index (χ3n) is 3.15. The maximum absolute atomic E-state index is 12.1. The van der Waals surface area contributed by atoms with Gasteiger partial charge >= 0.3 is 6.36 Å². The molecule has 9 heteroatoms. The molecule has 0 amide bonds. The molecule has 5 nitrogen and oxygen atoms in total. The van der Waals surface area contributed by atoms with E-state index in [1.807, 2.05) is 0 Å². The molecule has 0 unspecified atom stereocenters. The summed E-state index contributed by atoms with van der Waals surface area (Å²) >= 11 is 5.19. The number of halogens is 3. The largest absolute Gasteiger partial charge is 0.573 e. The minimum Gasteiger partial charge on any atom is -0.486 e. The number of benzene rings is 2. The highest BCUT2D eigenvalue weighted by molar-refractivity contribution is 7.80. The topological polar surface area (TPSA) is 51.8 Å². The highest BCUT2D eigenvalue weighted by Crippen LogP contribution is 2.32. The van der Waals surface area contributed by atoms with E-state index >= 15 is 0 Å². The molecule has 0 radical (unpaired) electrons. The van der Waals surface area contributed by atoms with Crippen molar-refractivity contribution in [3.05, 3.63) is 42.5 Å². The van der Waals surface area contributed by atoms with Gasteiger partial charge in [-0.3, -0.25) is 0 Å². The minimum atomic E-state index is -4.72. The van der Waals surface area contributed by atoms with Crippen LogP contribution in [0.5, 0.6) is 17.2 Å². The van der Waals surface area contributed by atoms with E-state index in [-0.39, 0.29) is 10.9 Å². The van der Waals surface area contributed by atoms with Gasteiger partial charge in [0.15, 0.2) is 16.6 Å². The molecule has 0 saturated heterocycles. The number of fused-ring (bicyclic) bond motifs is 1. The van der Waals surface area contributed by atoms with Crippen LogP contribution in [0.2, 0.25) is 0 Å². The fourth-order valence-electron chi connectivity index (χ4n) is 2.15. The zero-order valence-corrected chi connectivity index (χ0v) is 13.5. The van der Waals surface area contributed by atoms with E-state index in [1.54, 1.807) is 18.2 Å². The van der Waals surface area contributed by atoms with E-state index in [0.29, 0.717) is 36.1 Å². The second kappa shape index (κ2) is 7.06. The number of ether oxygens (including phenoxy) is 3. The van der Waals surface area contributed by atoms with E-state index in [2.05, 4.69) is 15.4 Å². The lowest BCUT2D eigenvalue weighted by atomic mass is 10.2. The molecule has 0 spiro atoms. The Labute approximate surface area is 146 Å². The molecule has 1 heterocycles. The fourth-order valence-corrected chi connectivity index (χ4v) is 2.39. The van der Waals surface area contributed by atoms with Gasteiger partial charge in [0, 0.05) is 17.4 Å². The number of alkyl halides is 3. The molecule has 0 atom stereocenters. The molecule has 2 N–H and O–H groups in total. The molecular formula is C16H13F3N2O3S. The van der Waals surface area contributed by atoms with Crippen LogP contribution in [0.3, 0.4) is 0 Å². The van der Waals surface area contributed by atoms with Gasteiger partial charge in [-0.1, -0.05) is 0 Å². The molecule has 2 aromatic carbocycles. The first-order valence-electron chi connectivity index (χ1n) is 7.22. The van der Waals surface area contributed by atoms with Crippen LogP contribution in [0.1, 0.15) is 0 Å². The molecule has 0 aliphatic carbocycles. The second-order valence-corrected chi connectivity index (χ2v) is 5.42. The fraction of sp³-hybridized carbons (Fsp3) is 0.188. The number of hydrogen-bond donors (Lipinski definition) is 2. The predicted molar refractivity (Wildman–Crippen MR) is 90.4 cm³/mol. The van der Waals surface area contributed by atoms with Gasteiger partial charge in [0.1, 0.15) is 19.0 Å².